The molecule has 0 heterocycles. The van der Waals surface area contributed by atoms with Crippen molar-refractivity contribution in [3.8, 4) is 0 Å². The number of alkyl halides is 1. The maximum atomic E-state index is 15.2. The van der Waals surface area contributed by atoms with Crippen molar-refractivity contribution in [2.75, 3.05) is 13.2 Å². The zero-order valence-electron chi connectivity index (χ0n) is 14.3. The minimum atomic E-state index is -1.92. The monoisotopic (exact) mass is 321 g/mol. The van der Waals surface area contributed by atoms with Gasteiger partial charge < -0.3 is 4.74 Å². The van der Waals surface area contributed by atoms with Gasteiger partial charge in [-0.05, 0) is 31.7 Å². The first-order valence-electron chi connectivity index (χ1n) is 8.73. The lowest BCUT2D eigenvalue weighted by Gasteiger charge is -2.34. The lowest BCUT2D eigenvalue weighted by atomic mass is 10.00. The number of nitrogens with zero attached hydrogens (tertiary/aromatic N) is 1. The Hall–Kier alpha value is -1.42. The van der Waals surface area contributed by atoms with Gasteiger partial charge in [-0.2, -0.15) is 0 Å². The van der Waals surface area contributed by atoms with Gasteiger partial charge in [-0.15, -0.1) is 0 Å². The molecule has 0 amide bonds. The third-order valence-corrected chi connectivity index (χ3v) is 4.72. The molecular formula is C19H28FNO2. The van der Waals surface area contributed by atoms with Crippen LogP contribution in [0.5, 0.6) is 0 Å². The van der Waals surface area contributed by atoms with Crippen LogP contribution >= 0.6 is 0 Å². The molecule has 2 rings (SSSR count). The Labute approximate surface area is 138 Å². The van der Waals surface area contributed by atoms with Crippen LogP contribution in [-0.2, 0) is 16.1 Å². The second-order valence-electron chi connectivity index (χ2n) is 6.37. The van der Waals surface area contributed by atoms with Gasteiger partial charge in [-0.1, -0.05) is 50.1 Å². The van der Waals surface area contributed by atoms with Crippen LogP contribution in [0, 0.1) is 0 Å². The summed E-state index contributed by atoms with van der Waals surface area (Å²) in [5, 5.41) is 0. The van der Waals surface area contributed by atoms with Crippen LogP contribution in [0.4, 0.5) is 4.39 Å². The van der Waals surface area contributed by atoms with Gasteiger partial charge >= 0.3 is 5.97 Å². The standard InChI is InChI=1S/C19H28FNO2/c1-3-19(20,18(22)23-4-2)15-21(17-12-8-9-13-17)14-16-10-6-5-7-11-16/h5-7,10-11,17H,3-4,8-9,12-15H2,1-2H3. The molecule has 1 aromatic rings. The molecule has 128 valence electrons. The van der Waals surface area contributed by atoms with Crippen molar-refractivity contribution in [1.82, 2.24) is 4.90 Å². The average molecular weight is 321 g/mol. The highest BCUT2D eigenvalue weighted by molar-refractivity contribution is 5.79. The fourth-order valence-electron chi connectivity index (χ4n) is 3.30. The van der Waals surface area contributed by atoms with E-state index in [-0.39, 0.29) is 19.6 Å². The van der Waals surface area contributed by atoms with Crippen LogP contribution in [0.15, 0.2) is 30.3 Å². The van der Waals surface area contributed by atoms with Gasteiger partial charge in [0.1, 0.15) is 0 Å². The molecule has 4 heteroatoms. The van der Waals surface area contributed by atoms with E-state index in [1.807, 2.05) is 18.2 Å². The van der Waals surface area contributed by atoms with Gasteiger partial charge in [0.05, 0.1) is 6.61 Å². The molecule has 3 nitrogen and oxygen atoms in total. The van der Waals surface area contributed by atoms with Gasteiger partial charge in [0.15, 0.2) is 0 Å². The van der Waals surface area contributed by atoms with Crippen LogP contribution in [0.3, 0.4) is 0 Å². The van der Waals surface area contributed by atoms with Gasteiger partial charge in [0.2, 0.25) is 5.67 Å². The van der Waals surface area contributed by atoms with E-state index in [9.17, 15) is 4.79 Å². The fraction of sp³-hybridized carbons (Fsp3) is 0.632. The molecular weight excluding hydrogens is 293 g/mol. The van der Waals surface area contributed by atoms with Gasteiger partial charge in [-0.3, -0.25) is 4.90 Å². The Morgan fingerprint density at radius 1 is 1.26 bits per heavy atom. The van der Waals surface area contributed by atoms with Crippen LogP contribution < -0.4 is 0 Å². The zero-order chi connectivity index (χ0) is 16.7. The lowest BCUT2D eigenvalue weighted by Crippen LogP contribution is -2.48. The Balaban J connectivity index is 2.14. The summed E-state index contributed by atoms with van der Waals surface area (Å²) in [5.41, 5.74) is -0.769. The lowest BCUT2D eigenvalue weighted by molar-refractivity contribution is -0.159. The molecule has 1 aliphatic carbocycles. The summed E-state index contributed by atoms with van der Waals surface area (Å²) in [6, 6.07) is 10.4. The topological polar surface area (TPSA) is 29.5 Å². The molecule has 1 fully saturated rings. The second kappa shape index (κ2) is 8.44. The van der Waals surface area contributed by atoms with E-state index in [2.05, 4.69) is 17.0 Å². The highest BCUT2D eigenvalue weighted by Gasteiger charge is 2.41. The first-order chi connectivity index (χ1) is 11.1. The van der Waals surface area contributed by atoms with Gasteiger partial charge in [-0.25, -0.2) is 9.18 Å². The Morgan fingerprint density at radius 2 is 1.91 bits per heavy atom. The van der Waals surface area contributed by atoms with E-state index < -0.39 is 11.6 Å². The molecule has 0 aromatic heterocycles. The van der Waals surface area contributed by atoms with Crippen LogP contribution in [0.25, 0.3) is 0 Å². The highest BCUT2D eigenvalue weighted by atomic mass is 19.1. The molecule has 1 unspecified atom stereocenters. The average Bonchev–Trinajstić information content (AvgIpc) is 3.10. The number of hydrogen-bond acceptors (Lipinski definition) is 3. The van der Waals surface area contributed by atoms with E-state index >= 15 is 4.39 Å². The zero-order valence-corrected chi connectivity index (χ0v) is 14.3. The number of hydrogen-bond donors (Lipinski definition) is 0. The maximum absolute atomic E-state index is 15.2. The van der Waals surface area contributed by atoms with Crippen molar-refractivity contribution in [3.63, 3.8) is 0 Å². The van der Waals surface area contributed by atoms with E-state index in [0.717, 1.165) is 18.4 Å². The summed E-state index contributed by atoms with van der Waals surface area (Å²) in [4.78, 5) is 14.2. The number of ether oxygens (including phenoxy) is 1. The molecule has 0 saturated heterocycles. The van der Waals surface area contributed by atoms with E-state index in [4.69, 9.17) is 4.74 Å². The summed E-state index contributed by atoms with van der Waals surface area (Å²) in [6.45, 7) is 4.43. The summed E-state index contributed by atoms with van der Waals surface area (Å²) in [5.74, 6) is -0.724. The summed E-state index contributed by atoms with van der Waals surface area (Å²) >= 11 is 0. The van der Waals surface area contributed by atoms with E-state index in [1.54, 1.807) is 13.8 Å². The van der Waals surface area contributed by atoms with Crippen molar-refractivity contribution in [3.05, 3.63) is 35.9 Å². The Morgan fingerprint density at radius 3 is 2.48 bits per heavy atom. The minimum Gasteiger partial charge on any atom is -0.464 e. The number of carbonyl (C=O) groups is 1. The van der Waals surface area contributed by atoms with Crippen molar-refractivity contribution in [1.29, 1.82) is 0 Å². The SMILES string of the molecule is CCOC(=O)C(F)(CC)CN(Cc1ccccc1)C1CCCC1. The smallest absolute Gasteiger partial charge is 0.345 e. The van der Waals surface area contributed by atoms with Crippen molar-refractivity contribution < 1.29 is 13.9 Å². The first kappa shape index (κ1) is 17.9. The summed E-state index contributed by atoms with van der Waals surface area (Å²) < 4.78 is 20.2. The minimum absolute atomic E-state index is 0.113. The van der Waals surface area contributed by atoms with Crippen molar-refractivity contribution in [2.24, 2.45) is 0 Å². The molecule has 1 aliphatic rings. The predicted octanol–water partition coefficient (Wildman–Crippen LogP) is 4.11. The number of benzene rings is 1. The molecule has 0 spiro atoms. The summed E-state index contributed by atoms with van der Waals surface area (Å²) in [7, 11) is 0. The van der Waals surface area contributed by atoms with Gasteiger partial charge in [0.25, 0.3) is 0 Å². The first-order valence-corrected chi connectivity index (χ1v) is 8.73. The highest BCUT2D eigenvalue weighted by Crippen LogP contribution is 2.29. The van der Waals surface area contributed by atoms with Crippen LogP contribution in [0.1, 0.15) is 51.5 Å². The molecule has 0 aliphatic heterocycles. The molecule has 0 radical (unpaired) electrons. The molecule has 1 atom stereocenters. The molecule has 0 N–H and O–H groups in total. The van der Waals surface area contributed by atoms with Crippen LogP contribution in [0.2, 0.25) is 0 Å². The molecule has 23 heavy (non-hydrogen) atoms. The Bertz CT molecular complexity index is 487. The molecule has 1 aromatic carbocycles. The van der Waals surface area contributed by atoms with Crippen molar-refractivity contribution >= 4 is 5.97 Å². The van der Waals surface area contributed by atoms with Crippen LogP contribution in [-0.4, -0.2) is 35.7 Å². The number of carbonyl (C=O) groups excluding carboxylic acids is 1. The van der Waals surface area contributed by atoms with E-state index in [0.29, 0.717) is 12.6 Å². The Kier molecular flexibility index (Phi) is 6.58. The van der Waals surface area contributed by atoms with Crippen molar-refractivity contribution in [2.45, 2.75) is 64.2 Å². The van der Waals surface area contributed by atoms with E-state index in [1.165, 1.54) is 12.8 Å². The second-order valence-corrected chi connectivity index (χ2v) is 6.37. The molecule has 1 saturated carbocycles. The fourth-order valence-corrected chi connectivity index (χ4v) is 3.30. The van der Waals surface area contributed by atoms with Gasteiger partial charge in [0, 0.05) is 19.1 Å². The quantitative estimate of drug-likeness (QED) is 0.675. The predicted molar refractivity (Wildman–Crippen MR) is 89.9 cm³/mol. The molecule has 0 bridgehead atoms. The number of esters is 1. The third-order valence-electron chi connectivity index (χ3n) is 4.72. The summed E-state index contributed by atoms with van der Waals surface area (Å²) in [6.07, 6.45) is 4.66. The number of rotatable bonds is 8. The third kappa shape index (κ3) is 4.77. The number of halogens is 1. The normalized spacial score (nSPS) is 18.1. The largest absolute Gasteiger partial charge is 0.464 e. The maximum Gasteiger partial charge on any atom is 0.345 e.